The number of nitrogens with one attached hydrogen (secondary N) is 1. The maximum absolute atomic E-state index is 12.0. The van der Waals surface area contributed by atoms with Crippen molar-refractivity contribution in [3.8, 4) is 0 Å². The van der Waals surface area contributed by atoms with E-state index in [1.54, 1.807) is 6.07 Å². The van der Waals surface area contributed by atoms with Crippen LogP contribution >= 0.6 is 0 Å². The van der Waals surface area contributed by atoms with Gasteiger partial charge in [-0.05, 0) is 24.3 Å². The number of hydrogen-bond acceptors (Lipinski definition) is 6. The summed E-state index contributed by atoms with van der Waals surface area (Å²) in [5, 5.41) is 14.3. The number of nitrogens with zero attached hydrogens (tertiary/aromatic N) is 2. The van der Waals surface area contributed by atoms with Gasteiger partial charge < -0.3 is 5.32 Å². The van der Waals surface area contributed by atoms with E-state index in [1.165, 1.54) is 24.3 Å². The molecule has 0 unspecified atom stereocenters. The first-order chi connectivity index (χ1) is 11.8. The van der Waals surface area contributed by atoms with Gasteiger partial charge in [0.05, 0.1) is 15.2 Å². The van der Waals surface area contributed by atoms with Crippen molar-refractivity contribution in [3.05, 3.63) is 63.2 Å². The lowest BCUT2D eigenvalue weighted by Gasteiger charge is -2.06. The van der Waals surface area contributed by atoms with Gasteiger partial charge in [0.2, 0.25) is 0 Å². The van der Waals surface area contributed by atoms with Crippen LogP contribution in [0, 0.1) is 10.1 Å². The van der Waals surface area contributed by atoms with Crippen LogP contribution in [0.15, 0.2) is 52.4 Å². The van der Waals surface area contributed by atoms with Gasteiger partial charge in [-0.1, -0.05) is 12.1 Å². The Bertz CT molecular complexity index is 1120. The van der Waals surface area contributed by atoms with Crippen LogP contribution in [0.25, 0.3) is 5.57 Å². The molecule has 0 fully saturated rings. The fourth-order valence-electron chi connectivity index (χ4n) is 2.44. The quantitative estimate of drug-likeness (QED) is 0.442. The fourth-order valence-corrected chi connectivity index (χ4v) is 2.95. The monoisotopic (exact) mass is 361 g/mol. The van der Waals surface area contributed by atoms with E-state index in [2.05, 4.69) is 10.3 Å². The Labute approximate surface area is 141 Å². The molecule has 3 rings (SSSR count). The molecule has 2 N–H and O–H groups in total. The molecular weight excluding hydrogens is 350 g/mol. The van der Waals surface area contributed by atoms with Gasteiger partial charge in [-0.15, -0.1) is 0 Å². The summed E-state index contributed by atoms with van der Waals surface area (Å²) in [5.74, 6) is -0.575. The molecule has 2 aromatic rings. The number of fused-ring (bicyclic) bond motifs is 1. The molecule has 2 aromatic carbocycles. The molecule has 0 aliphatic carbocycles. The van der Waals surface area contributed by atoms with Gasteiger partial charge in [0, 0.05) is 23.4 Å². The average Bonchev–Trinajstić information content (AvgIpc) is 2.86. The largest absolute Gasteiger partial charge is 0.375 e. The predicted molar refractivity (Wildman–Crippen MR) is 87.0 cm³/mol. The first-order valence-electron chi connectivity index (χ1n) is 6.98. The molecule has 0 atom stereocenters. The highest BCUT2D eigenvalue weighted by atomic mass is 32.2. The molecule has 128 valence electrons. The summed E-state index contributed by atoms with van der Waals surface area (Å²) in [6.07, 6.45) is 0. The lowest BCUT2D eigenvalue weighted by molar-refractivity contribution is -0.383. The van der Waals surface area contributed by atoms with Crippen molar-refractivity contribution in [1.82, 2.24) is 0 Å². The third-order valence-electron chi connectivity index (χ3n) is 3.63. The van der Waals surface area contributed by atoms with Crippen LogP contribution in [0.3, 0.4) is 0 Å². The van der Waals surface area contributed by atoms with Crippen LogP contribution in [0.2, 0.25) is 0 Å². The van der Waals surface area contributed by atoms with E-state index in [1.807, 2.05) is 0 Å². The molecule has 9 nitrogen and oxygen atoms in total. The van der Waals surface area contributed by atoms with Crippen molar-refractivity contribution in [2.75, 3.05) is 11.9 Å². The molecule has 0 aromatic heterocycles. The summed E-state index contributed by atoms with van der Waals surface area (Å²) in [6, 6.07) is 9.53. The minimum atomic E-state index is -4.43. The Kier molecular flexibility index (Phi) is 4.07. The summed E-state index contributed by atoms with van der Waals surface area (Å²) >= 11 is 0. The average molecular weight is 361 g/mol. The minimum Gasteiger partial charge on any atom is -0.375 e. The number of carbonyl (C=O) groups is 1. The Hall–Kier alpha value is -3.11. The summed E-state index contributed by atoms with van der Waals surface area (Å²) < 4.78 is 31.7. The van der Waals surface area contributed by atoms with E-state index in [9.17, 15) is 23.3 Å². The number of rotatable bonds is 5. The third-order valence-corrected chi connectivity index (χ3v) is 4.48. The molecule has 1 aliphatic heterocycles. The van der Waals surface area contributed by atoms with Gasteiger partial charge in [0.25, 0.3) is 21.7 Å². The first kappa shape index (κ1) is 16.7. The van der Waals surface area contributed by atoms with Gasteiger partial charge in [-0.2, -0.15) is 8.42 Å². The second kappa shape index (κ2) is 6.07. The summed E-state index contributed by atoms with van der Waals surface area (Å²) in [5.41, 5.74) is 0.211. The second-order valence-corrected chi connectivity index (χ2v) is 6.60. The highest BCUT2D eigenvalue weighted by Gasteiger charge is 2.20. The van der Waals surface area contributed by atoms with Gasteiger partial charge in [0.15, 0.2) is 0 Å². The molecule has 1 aliphatic rings. The molecule has 25 heavy (non-hydrogen) atoms. The van der Waals surface area contributed by atoms with E-state index >= 15 is 0 Å². The van der Waals surface area contributed by atoms with Crippen LogP contribution in [-0.2, 0) is 14.9 Å². The number of benzene rings is 2. The first-order valence-corrected chi connectivity index (χ1v) is 8.42. The Morgan fingerprint density at radius 2 is 1.92 bits per heavy atom. The van der Waals surface area contributed by atoms with Crippen LogP contribution in [-0.4, -0.2) is 30.3 Å². The van der Waals surface area contributed by atoms with Crippen molar-refractivity contribution in [3.63, 3.8) is 0 Å². The number of amides is 1. The lowest BCUT2D eigenvalue weighted by Crippen LogP contribution is -2.26. The zero-order valence-electron chi connectivity index (χ0n) is 12.5. The number of para-hydroxylation sites is 2. The van der Waals surface area contributed by atoms with Crippen molar-refractivity contribution < 1.29 is 22.7 Å². The van der Waals surface area contributed by atoms with E-state index in [0.29, 0.717) is 0 Å². The van der Waals surface area contributed by atoms with Gasteiger partial charge in [0.1, 0.15) is 5.69 Å². The zero-order chi connectivity index (χ0) is 18.2. The number of anilines is 1. The van der Waals surface area contributed by atoms with Crippen LogP contribution in [0.1, 0.15) is 0 Å². The molecule has 1 heterocycles. The number of nitro benzene ring substituents is 1. The van der Waals surface area contributed by atoms with E-state index in [4.69, 9.17) is 4.55 Å². The molecule has 1 amide bonds. The number of hydrogen-bond donors (Lipinski definition) is 2. The molecule has 10 heteroatoms. The molecule has 0 spiro atoms. The SMILES string of the molecule is O=C1N=c2ccc(S(=O)(=O)O)cc2=C1CNc1ccccc1[N+](=O)[O-]. The third kappa shape index (κ3) is 3.25. The molecule has 0 saturated heterocycles. The smallest absolute Gasteiger partial charge is 0.294 e. The summed E-state index contributed by atoms with van der Waals surface area (Å²) in [4.78, 5) is 25.9. The highest BCUT2D eigenvalue weighted by molar-refractivity contribution is 7.85. The van der Waals surface area contributed by atoms with Crippen molar-refractivity contribution in [2.24, 2.45) is 4.99 Å². The van der Waals surface area contributed by atoms with Crippen LogP contribution < -0.4 is 15.9 Å². The summed E-state index contributed by atoms with van der Waals surface area (Å²) in [6.45, 7) is -0.0882. The molecule has 0 saturated carbocycles. The fraction of sp³-hybridized carbons (Fsp3) is 0.0667. The van der Waals surface area contributed by atoms with E-state index in [0.717, 1.165) is 12.1 Å². The summed E-state index contributed by atoms with van der Waals surface area (Å²) in [7, 11) is -4.43. The van der Waals surface area contributed by atoms with Crippen LogP contribution in [0.5, 0.6) is 0 Å². The number of carbonyl (C=O) groups excluding carboxylic acids is 1. The Morgan fingerprint density at radius 3 is 2.60 bits per heavy atom. The van der Waals surface area contributed by atoms with Crippen molar-refractivity contribution in [1.29, 1.82) is 0 Å². The van der Waals surface area contributed by atoms with Crippen LogP contribution in [0.4, 0.5) is 11.4 Å². The number of nitro groups is 1. The van der Waals surface area contributed by atoms with Crippen molar-refractivity contribution in [2.45, 2.75) is 4.90 Å². The van der Waals surface area contributed by atoms with Gasteiger partial charge in [-0.25, -0.2) is 4.99 Å². The Balaban J connectivity index is 2.02. The van der Waals surface area contributed by atoms with E-state index in [-0.39, 0.29) is 39.0 Å². The van der Waals surface area contributed by atoms with Gasteiger partial charge in [-0.3, -0.25) is 19.5 Å². The molecule has 0 bridgehead atoms. The zero-order valence-corrected chi connectivity index (χ0v) is 13.4. The topological polar surface area (TPSA) is 139 Å². The standard InChI is InChI=1S/C15H11N3O6S/c19-15-11(8-16-13-3-1-2-4-14(13)18(20)21)10-7-9(25(22,23)24)5-6-12(10)17-15/h1-7,16H,8H2,(H,22,23,24). The van der Waals surface area contributed by atoms with E-state index < -0.39 is 20.9 Å². The predicted octanol–water partition coefficient (Wildman–Crippen LogP) is 0.264. The maximum Gasteiger partial charge on any atom is 0.294 e. The minimum absolute atomic E-state index is 0.0882. The second-order valence-electron chi connectivity index (χ2n) is 5.18. The molecular formula is C15H11N3O6S. The van der Waals surface area contributed by atoms with Crippen molar-refractivity contribution >= 4 is 33.0 Å². The van der Waals surface area contributed by atoms with Gasteiger partial charge >= 0.3 is 0 Å². The maximum atomic E-state index is 12.0. The Morgan fingerprint density at radius 1 is 1.20 bits per heavy atom. The molecule has 0 radical (unpaired) electrons. The normalized spacial score (nSPS) is 13.3. The lowest BCUT2D eigenvalue weighted by atomic mass is 10.1. The highest BCUT2D eigenvalue weighted by Crippen LogP contribution is 2.23.